The summed E-state index contributed by atoms with van der Waals surface area (Å²) in [5.74, 6) is 0. The molecule has 1 aromatic carbocycles. The lowest BCUT2D eigenvalue weighted by molar-refractivity contribution is 1.13. The summed E-state index contributed by atoms with van der Waals surface area (Å²) in [4.78, 5) is 13.6. The van der Waals surface area contributed by atoms with Gasteiger partial charge in [0, 0.05) is 34.9 Å². The summed E-state index contributed by atoms with van der Waals surface area (Å²) >= 11 is 1.62. The summed E-state index contributed by atoms with van der Waals surface area (Å²) < 4.78 is 0. The van der Waals surface area contributed by atoms with Gasteiger partial charge in [0.25, 0.3) is 0 Å². The Balaban J connectivity index is 1.86. The van der Waals surface area contributed by atoms with E-state index in [0.717, 1.165) is 28.4 Å². The Morgan fingerprint density at radius 3 is 2.65 bits per heavy atom. The molecular formula is C19H15N3S. The van der Waals surface area contributed by atoms with Gasteiger partial charge in [-0.1, -0.05) is 31.2 Å². The van der Waals surface area contributed by atoms with Crippen molar-refractivity contribution in [3.8, 4) is 22.0 Å². The van der Waals surface area contributed by atoms with Gasteiger partial charge in [0.1, 0.15) is 10.7 Å². The molecule has 0 atom stereocenters. The van der Waals surface area contributed by atoms with Crippen molar-refractivity contribution < 1.29 is 0 Å². The normalized spacial score (nSPS) is 11.0. The Morgan fingerprint density at radius 2 is 1.87 bits per heavy atom. The number of hydrogen-bond acceptors (Lipinski definition) is 4. The molecule has 0 aliphatic carbocycles. The van der Waals surface area contributed by atoms with Gasteiger partial charge in [-0.3, -0.25) is 9.97 Å². The number of fused-ring (bicyclic) bond motifs is 1. The van der Waals surface area contributed by atoms with Crippen LogP contribution in [0.25, 0.3) is 32.7 Å². The third-order valence-electron chi connectivity index (χ3n) is 3.92. The quantitative estimate of drug-likeness (QED) is 0.535. The topological polar surface area (TPSA) is 38.7 Å². The Labute approximate surface area is 138 Å². The van der Waals surface area contributed by atoms with Crippen LogP contribution in [-0.2, 0) is 6.42 Å². The van der Waals surface area contributed by atoms with Crippen molar-refractivity contribution in [2.24, 2.45) is 0 Å². The Bertz CT molecular complexity index is 961. The van der Waals surface area contributed by atoms with E-state index in [2.05, 4.69) is 46.5 Å². The Hall–Kier alpha value is -2.59. The van der Waals surface area contributed by atoms with Gasteiger partial charge in [0.15, 0.2) is 0 Å². The van der Waals surface area contributed by atoms with E-state index in [1.165, 1.54) is 16.3 Å². The van der Waals surface area contributed by atoms with Crippen LogP contribution in [0.5, 0.6) is 0 Å². The van der Waals surface area contributed by atoms with E-state index in [9.17, 15) is 0 Å². The van der Waals surface area contributed by atoms with Crippen molar-refractivity contribution in [2.45, 2.75) is 13.3 Å². The van der Waals surface area contributed by atoms with Crippen LogP contribution >= 0.6 is 11.3 Å². The largest absolute Gasteiger partial charge is 0.264 e. The van der Waals surface area contributed by atoms with Gasteiger partial charge in [0.05, 0.1) is 5.69 Å². The van der Waals surface area contributed by atoms with E-state index in [4.69, 9.17) is 4.98 Å². The molecule has 23 heavy (non-hydrogen) atoms. The van der Waals surface area contributed by atoms with Gasteiger partial charge in [-0.2, -0.15) is 0 Å². The molecule has 0 spiro atoms. The van der Waals surface area contributed by atoms with Crippen LogP contribution in [0.4, 0.5) is 0 Å². The van der Waals surface area contributed by atoms with Crippen molar-refractivity contribution in [2.75, 3.05) is 0 Å². The van der Waals surface area contributed by atoms with Crippen molar-refractivity contribution >= 4 is 22.1 Å². The van der Waals surface area contributed by atoms with Crippen LogP contribution in [0.15, 0.2) is 60.4 Å². The van der Waals surface area contributed by atoms with Gasteiger partial charge >= 0.3 is 0 Å². The molecule has 3 heterocycles. The molecule has 3 aromatic heterocycles. The number of rotatable bonds is 3. The lowest BCUT2D eigenvalue weighted by Gasteiger charge is -2.07. The molecule has 0 N–H and O–H groups in total. The number of aromatic nitrogens is 3. The molecule has 0 saturated carbocycles. The molecule has 0 aliphatic heterocycles. The van der Waals surface area contributed by atoms with Crippen molar-refractivity contribution in [1.29, 1.82) is 0 Å². The number of pyridine rings is 2. The van der Waals surface area contributed by atoms with E-state index in [0.29, 0.717) is 0 Å². The van der Waals surface area contributed by atoms with Crippen LogP contribution in [0.3, 0.4) is 0 Å². The average Bonchev–Trinajstić information content (AvgIpc) is 3.11. The average molecular weight is 317 g/mol. The molecule has 0 bridgehead atoms. The molecule has 0 amide bonds. The molecule has 0 radical (unpaired) electrons. The maximum absolute atomic E-state index is 4.77. The molecule has 0 aliphatic rings. The first kappa shape index (κ1) is 14.0. The summed E-state index contributed by atoms with van der Waals surface area (Å²) in [6.45, 7) is 2.16. The van der Waals surface area contributed by atoms with E-state index in [1.807, 2.05) is 24.5 Å². The van der Waals surface area contributed by atoms with Crippen LogP contribution in [0, 0.1) is 0 Å². The fourth-order valence-electron chi connectivity index (χ4n) is 2.73. The predicted octanol–water partition coefficient (Wildman–Crippen LogP) is 4.98. The number of thiazole rings is 1. The van der Waals surface area contributed by atoms with Crippen LogP contribution in [-0.4, -0.2) is 15.0 Å². The van der Waals surface area contributed by atoms with Gasteiger partial charge in [-0.15, -0.1) is 11.3 Å². The Morgan fingerprint density at radius 1 is 1.00 bits per heavy atom. The van der Waals surface area contributed by atoms with Crippen molar-refractivity contribution in [3.63, 3.8) is 0 Å². The first-order valence-electron chi connectivity index (χ1n) is 7.59. The smallest absolute Gasteiger partial charge is 0.143 e. The minimum atomic E-state index is 0.947. The molecule has 4 heteroatoms. The van der Waals surface area contributed by atoms with Crippen LogP contribution in [0.1, 0.15) is 12.5 Å². The van der Waals surface area contributed by atoms with Gasteiger partial charge in [0.2, 0.25) is 0 Å². The second-order valence-electron chi connectivity index (χ2n) is 5.31. The number of hydrogen-bond donors (Lipinski definition) is 0. The fraction of sp³-hybridized carbons (Fsp3) is 0.105. The standard InChI is InChI=1S/C19H15N3S/c1-2-13-11-21-18(16-8-4-3-7-15(13)16)19-22-17(12-23-19)14-6-5-9-20-10-14/h3-12H,2H2,1H3. The highest BCUT2D eigenvalue weighted by molar-refractivity contribution is 7.13. The second-order valence-corrected chi connectivity index (χ2v) is 6.17. The molecule has 4 aromatic rings. The van der Waals surface area contributed by atoms with Gasteiger partial charge in [-0.25, -0.2) is 4.98 Å². The van der Waals surface area contributed by atoms with Gasteiger partial charge in [-0.05, 0) is 29.5 Å². The Kier molecular flexibility index (Phi) is 3.60. The molecule has 112 valence electrons. The lowest BCUT2D eigenvalue weighted by atomic mass is 10.0. The SMILES string of the molecule is CCc1cnc(-c2nc(-c3cccnc3)cs2)c2ccccc12. The highest BCUT2D eigenvalue weighted by Gasteiger charge is 2.12. The molecule has 3 nitrogen and oxygen atoms in total. The van der Waals surface area contributed by atoms with E-state index in [-0.39, 0.29) is 0 Å². The lowest BCUT2D eigenvalue weighted by Crippen LogP contribution is -1.91. The number of nitrogens with zero attached hydrogens (tertiary/aromatic N) is 3. The monoisotopic (exact) mass is 317 g/mol. The molecule has 0 fully saturated rings. The highest BCUT2D eigenvalue weighted by atomic mass is 32.1. The highest BCUT2D eigenvalue weighted by Crippen LogP contribution is 2.33. The molecule has 0 saturated heterocycles. The summed E-state index contributed by atoms with van der Waals surface area (Å²) in [7, 11) is 0. The van der Waals surface area contributed by atoms with Crippen molar-refractivity contribution in [3.05, 3.63) is 65.9 Å². The van der Waals surface area contributed by atoms with Crippen molar-refractivity contribution in [1.82, 2.24) is 15.0 Å². The van der Waals surface area contributed by atoms with E-state index in [1.54, 1.807) is 17.5 Å². The zero-order valence-corrected chi connectivity index (χ0v) is 13.5. The van der Waals surface area contributed by atoms with Gasteiger partial charge < -0.3 is 0 Å². The first-order chi connectivity index (χ1) is 11.4. The maximum Gasteiger partial charge on any atom is 0.143 e. The predicted molar refractivity (Wildman–Crippen MR) is 95.5 cm³/mol. The summed E-state index contributed by atoms with van der Waals surface area (Å²) in [5.41, 5.74) is 4.21. The van der Waals surface area contributed by atoms with Crippen LogP contribution < -0.4 is 0 Å². The number of benzene rings is 1. The fourth-order valence-corrected chi connectivity index (χ4v) is 3.57. The van der Waals surface area contributed by atoms with Crippen LogP contribution in [0.2, 0.25) is 0 Å². The summed E-state index contributed by atoms with van der Waals surface area (Å²) in [6.07, 6.45) is 6.56. The molecular weight excluding hydrogens is 302 g/mol. The summed E-state index contributed by atoms with van der Waals surface area (Å²) in [6, 6.07) is 12.4. The second kappa shape index (κ2) is 5.89. The number of aryl methyl sites for hydroxylation is 1. The molecule has 4 rings (SSSR count). The minimum absolute atomic E-state index is 0.947. The van der Waals surface area contributed by atoms with E-state index >= 15 is 0 Å². The molecule has 0 unspecified atom stereocenters. The minimum Gasteiger partial charge on any atom is -0.264 e. The third kappa shape index (κ3) is 2.51. The third-order valence-corrected chi connectivity index (χ3v) is 4.77. The summed E-state index contributed by atoms with van der Waals surface area (Å²) in [5, 5.41) is 5.44. The maximum atomic E-state index is 4.77. The first-order valence-corrected chi connectivity index (χ1v) is 8.47. The zero-order valence-electron chi connectivity index (χ0n) is 12.7. The van der Waals surface area contributed by atoms with E-state index < -0.39 is 0 Å². The zero-order chi connectivity index (χ0) is 15.6.